The summed E-state index contributed by atoms with van der Waals surface area (Å²) in [5, 5.41) is 4.41. The third-order valence-electron chi connectivity index (χ3n) is 16.2. The number of rotatable bonds is 5. The molecule has 330 valence electrons. The van der Waals surface area contributed by atoms with Gasteiger partial charge in [0.2, 0.25) is 0 Å². The molecule has 71 heavy (non-hydrogen) atoms. The smallest absolute Gasteiger partial charge is 0.137 e. The first-order chi connectivity index (χ1) is 35.2. The minimum Gasteiger partial charge on any atom is -0.456 e. The summed E-state index contributed by atoms with van der Waals surface area (Å²) in [7, 11) is 0. The first kappa shape index (κ1) is 38.8. The molecule has 0 aliphatic heterocycles. The van der Waals surface area contributed by atoms with E-state index in [-0.39, 0.29) is 0 Å². The minimum atomic E-state index is -0.629. The highest BCUT2D eigenvalue weighted by Gasteiger charge is 2.53. The van der Waals surface area contributed by atoms with Crippen molar-refractivity contribution in [3.8, 4) is 33.4 Å². The van der Waals surface area contributed by atoms with E-state index < -0.39 is 10.8 Å². The average molecular weight is 904 g/mol. The first-order valence-electron chi connectivity index (χ1n) is 24.6. The van der Waals surface area contributed by atoms with Gasteiger partial charge in [0.15, 0.2) is 0 Å². The lowest BCUT2D eigenvalue weighted by Gasteiger charge is -2.36. The molecule has 13 aromatic rings. The lowest BCUT2D eigenvalue weighted by molar-refractivity contribution is 0.669. The molecule has 0 fully saturated rings. The highest BCUT2D eigenvalue weighted by Crippen LogP contribution is 2.65. The molecular weight excluding hydrogens is 863 g/mol. The van der Waals surface area contributed by atoms with Crippen LogP contribution >= 0.6 is 0 Å². The van der Waals surface area contributed by atoms with Crippen LogP contribution in [0.2, 0.25) is 0 Å². The van der Waals surface area contributed by atoms with Crippen molar-refractivity contribution in [2.45, 2.75) is 10.8 Å². The van der Waals surface area contributed by atoms with Gasteiger partial charge in [0, 0.05) is 50.7 Å². The zero-order chi connectivity index (χ0) is 46.4. The second-order valence-electron chi connectivity index (χ2n) is 19.4. The lowest BCUT2D eigenvalue weighted by Crippen LogP contribution is -2.30. The first-order valence-corrected chi connectivity index (χ1v) is 24.6. The van der Waals surface area contributed by atoms with Gasteiger partial charge in [-0.25, -0.2) is 0 Å². The van der Waals surface area contributed by atoms with E-state index in [9.17, 15) is 0 Å². The van der Waals surface area contributed by atoms with Crippen LogP contribution in [-0.2, 0) is 10.8 Å². The lowest BCUT2D eigenvalue weighted by atomic mass is 9.65. The van der Waals surface area contributed by atoms with Gasteiger partial charge in [0.1, 0.15) is 22.3 Å². The normalized spacial score (nSPS) is 14.1. The fourth-order valence-corrected chi connectivity index (χ4v) is 13.4. The summed E-state index contributed by atoms with van der Waals surface area (Å²) in [4.78, 5) is 2.38. The molecule has 2 aromatic heterocycles. The van der Waals surface area contributed by atoms with Gasteiger partial charge in [-0.15, -0.1) is 0 Å². The van der Waals surface area contributed by atoms with Gasteiger partial charge in [-0.1, -0.05) is 188 Å². The Labute approximate surface area is 410 Å². The van der Waals surface area contributed by atoms with Crippen LogP contribution in [0.25, 0.3) is 77.3 Å². The quantitative estimate of drug-likeness (QED) is 0.172. The van der Waals surface area contributed by atoms with Crippen molar-refractivity contribution in [2.75, 3.05) is 4.90 Å². The molecule has 3 aliphatic rings. The van der Waals surface area contributed by atoms with Crippen LogP contribution in [0, 0.1) is 0 Å². The average Bonchev–Trinajstić information content (AvgIpc) is 4.22. The van der Waals surface area contributed by atoms with Crippen molar-refractivity contribution in [3.05, 3.63) is 293 Å². The second kappa shape index (κ2) is 14.2. The Balaban J connectivity index is 0.975. The molecule has 2 heterocycles. The molecule has 11 aromatic carbocycles. The SMILES string of the molecule is c1ccc(C2(c3ccc4c(c3)C3(c5ccccc5-c5ccccc53)c3cc(N(c5ccc6c(c5)oc5ccccc56)c5ccc6c(c5)oc5ccccc56)ccc3-4)c3ccccc3-c3ccccc32)cc1. The summed E-state index contributed by atoms with van der Waals surface area (Å²) in [6.45, 7) is 0. The number of hydrogen-bond acceptors (Lipinski definition) is 3. The van der Waals surface area contributed by atoms with Crippen LogP contribution in [0.1, 0.15) is 44.5 Å². The van der Waals surface area contributed by atoms with E-state index in [0.717, 1.165) is 60.9 Å². The van der Waals surface area contributed by atoms with Gasteiger partial charge >= 0.3 is 0 Å². The van der Waals surface area contributed by atoms with Gasteiger partial charge in [-0.05, 0) is 126 Å². The monoisotopic (exact) mass is 903 g/mol. The Morgan fingerprint density at radius 1 is 0.239 bits per heavy atom. The third kappa shape index (κ3) is 5.02. The number of para-hydroxylation sites is 2. The molecule has 3 heteroatoms. The van der Waals surface area contributed by atoms with Crippen molar-refractivity contribution in [2.24, 2.45) is 0 Å². The van der Waals surface area contributed by atoms with Crippen molar-refractivity contribution in [3.63, 3.8) is 0 Å². The van der Waals surface area contributed by atoms with E-state index in [1.165, 1.54) is 77.9 Å². The van der Waals surface area contributed by atoms with Crippen LogP contribution in [-0.4, -0.2) is 0 Å². The van der Waals surface area contributed by atoms with Gasteiger partial charge in [0.25, 0.3) is 0 Å². The predicted octanol–water partition coefficient (Wildman–Crippen LogP) is 17.7. The van der Waals surface area contributed by atoms with Gasteiger partial charge in [0.05, 0.1) is 10.8 Å². The minimum absolute atomic E-state index is 0.552. The molecule has 3 nitrogen and oxygen atoms in total. The Morgan fingerprint density at radius 2 is 0.620 bits per heavy atom. The summed E-state index contributed by atoms with van der Waals surface area (Å²) in [5.41, 5.74) is 23.2. The molecule has 3 aliphatic carbocycles. The van der Waals surface area contributed by atoms with Crippen molar-refractivity contribution in [1.29, 1.82) is 0 Å². The summed E-state index contributed by atoms with van der Waals surface area (Å²) in [6, 6.07) is 92.0. The van der Waals surface area contributed by atoms with E-state index in [0.29, 0.717) is 0 Å². The zero-order valence-corrected chi connectivity index (χ0v) is 38.4. The van der Waals surface area contributed by atoms with Crippen molar-refractivity contribution in [1.82, 2.24) is 0 Å². The van der Waals surface area contributed by atoms with Crippen LogP contribution < -0.4 is 4.90 Å². The molecular formula is C68H41NO2. The van der Waals surface area contributed by atoms with E-state index in [2.05, 4.69) is 241 Å². The highest BCUT2D eigenvalue weighted by atomic mass is 16.3. The fourth-order valence-electron chi connectivity index (χ4n) is 13.4. The molecule has 0 radical (unpaired) electrons. The number of hydrogen-bond donors (Lipinski definition) is 0. The van der Waals surface area contributed by atoms with E-state index in [1.807, 2.05) is 12.1 Å². The topological polar surface area (TPSA) is 29.5 Å². The predicted molar refractivity (Wildman–Crippen MR) is 289 cm³/mol. The second-order valence-corrected chi connectivity index (χ2v) is 19.4. The maximum Gasteiger partial charge on any atom is 0.137 e. The van der Waals surface area contributed by atoms with E-state index in [1.54, 1.807) is 0 Å². The third-order valence-corrected chi connectivity index (χ3v) is 16.2. The van der Waals surface area contributed by atoms with Crippen LogP contribution in [0.3, 0.4) is 0 Å². The number of benzene rings is 11. The number of anilines is 3. The zero-order valence-electron chi connectivity index (χ0n) is 38.4. The summed E-state index contributed by atoms with van der Waals surface area (Å²) >= 11 is 0. The van der Waals surface area contributed by atoms with E-state index in [4.69, 9.17) is 8.83 Å². The largest absolute Gasteiger partial charge is 0.456 e. The standard InChI is InChI=1S/C68H41NO2/c1-2-16-42(17-3-1)67(57-24-10-4-18-47(57)48-19-5-11-25-58(48)67)43-30-34-51-52-35-31-44(39-62(52)68(61(51)38-43)59-26-12-6-20-49(59)50-21-7-13-27-60(50)68)69(45-32-36-55-53-22-8-14-28-63(53)70-65(55)40-45)46-33-37-56-54-23-9-15-29-64(54)71-66(56)41-46/h1-41H. The summed E-state index contributed by atoms with van der Waals surface area (Å²) in [6.07, 6.45) is 0. The Hall–Kier alpha value is -9.18. The van der Waals surface area contributed by atoms with Crippen LogP contribution in [0.15, 0.2) is 258 Å². The molecule has 0 bridgehead atoms. The Morgan fingerprint density at radius 3 is 1.15 bits per heavy atom. The van der Waals surface area contributed by atoms with Gasteiger partial charge in [-0.2, -0.15) is 0 Å². The Kier molecular flexibility index (Phi) is 7.75. The van der Waals surface area contributed by atoms with Gasteiger partial charge < -0.3 is 13.7 Å². The molecule has 16 rings (SSSR count). The maximum absolute atomic E-state index is 6.59. The molecule has 0 unspecified atom stereocenters. The van der Waals surface area contributed by atoms with E-state index >= 15 is 0 Å². The van der Waals surface area contributed by atoms with Crippen LogP contribution in [0.5, 0.6) is 0 Å². The van der Waals surface area contributed by atoms with Gasteiger partial charge in [-0.3, -0.25) is 0 Å². The number of furan rings is 2. The Bertz CT molecular complexity index is 4180. The fraction of sp³-hybridized carbons (Fsp3) is 0.0294. The van der Waals surface area contributed by atoms with Crippen molar-refractivity contribution >= 4 is 60.9 Å². The summed E-state index contributed by atoms with van der Waals surface area (Å²) in [5.74, 6) is 0. The maximum atomic E-state index is 6.59. The molecule has 0 atom stereocenters. The highest BCUT2D eigenvalue weighted by molar-refractivity contribution is 6.08. The molecule has 0 saturated carbocycles. The number of fused-ring (bicyclic) bond motifs is 19. The summed E-state index contributed by atoms with van der Waals surface area (Å²) < 4.78 is 13.2. The van der Waals surface area contributed by atoms with Crippen molar-refractivity contribution < 1.29 is 8.83 Å². The molecule has 1 spiro atoms. The molecule has 0 amide bonds. The van der Waals surface area contributed by atoms with Crippen LogP contribution in [0.4, 0.5) is 17.1 Å². The number of nitrogens with zero attached hydrogens (tertiary/aromatic N) is 1. The molecule has 0 N–H and O–H groups in total. The molecule has 0 saturated heterocycles.